The Morgan fingerprint density at radius 3 is 2.71 bits per heavy atom. The Labute approximate surface area is 147 Å². The van der Waals surface area contributed by atoms with E-state index in [9.17, 15) is 0 Å². The lowest BCUT2D eigenvalue weighted by Crippen LogP contribution is -2.54. The highest BCUT2D eigenvalue weighted by atomic mass is 16.5. The lowest BCUT2D eigenvalue weighted by atomic mass is 10.0. The third kappa shape index (κ3) is 4.95. The van der Waals surface area contributed by atoms with Crippen LogP contribution in [-0.4, -0.2) is 80.7 Å². The fourth-order valence-electron chi connectivity index (χ4n) is 4.12. The molecule has 0 saturated carbocycles. The first-order valence-corrected chi connectivity index (χ1v) is 9.52. The van der Waals surface area contributed by atoms with Gasteiger partial charge in [-0.25, -0.2) is 0 Å². The van der Waals surface area contributed by atoms with Crippen LogP contribution in [0.3, 0.4) is 0 Å². The third-order valence-electron chi connectivity index (χ3n) is 5.60. The van der Waals surface area contributed by atoms with Gasteiger partial charge in [-0.15, -0.1) is 0 Å². The molecule has 4 nitrogen and oxygen atoms in total. The zero-order valence-corrected chi connectivity index (χ0v) is 15.4. The molecule has 2 aliphatic rings. The molecule has 4 heteroatoms. The zero-order valence-electron chi connectivity index (χ0n) is 15.4. The molecule has 0 spiro atoms. The first kappa shape index (κ1) is 17.7. The number of hydrogen-bond donors (Lipinski definition) is 0. The number of hydrogen-bond acceptors (Lipinski definition) is 4. The molecule has 2 heterocycles. The number of nitrogens with zero attached hydrogens (tertiary/aromatic N) is 3. The fourth-order valence-corrected chi connectivity index (χ4v) is 4.12. The van der Waals surface area contributed by atoms with Gasteiger partial charge in [0.15, 0.2) is 0 Å². The van der Waals surface area contributed by atoms with Crippen LogP contribution in [0.5, 0.6) is 5.75 Å². The molecule has 24 heavy (non-hydrogen) atoms. The van der Waals surface area contributed by atoms with Gasteiger partial charge in [0.2, 0.25) is 0 Å². The van der Waals surface area contributed by atoms with E-state index in [-0.39, 0.29) is 0 Å². The molecule has 1 aromatic carbocycles. The molecule has 2 saturated heterocycles. The SMILES string of the molecule is COc1cccc(CCCN2CCN([C@H]3CCCN(C)C3)CC2)c1. The summed E-state index contributed by atoms with van der Waals surface area (Å²) in [6.45, 7) is 8.72. The Morgan fingerprint density at radius 2 is 1.96 bits per heavy atom. The second-order valence-corrected chi connectivity index (χ2v) is 7.39. The Balaban J connectivity index is 1.36. The van der Waals surface area contributed by atoms with Crippen molar-refractivity contribution in [2.45, 2.75) is 31.7 Å². The number of rotatable bonds is 6. The minimum absolute atomic E-state index is 0.794. The maximum absolute atomic E-state index is 5.31. The van der Waals surface area contributed by atoms with Crippen molar-refractivity contribution in [1.82, 2.24) is 14.7 Å². The standard InChI is InChI=1S/C20H33N3O/c1-21-10-5-8-19(17-21)23-14-12-22(13-15-23)11-4-7-18-6-3-9-20(16-18)24-2/h3,6,9,16,19H,4-5,7-8,10-15,17H2,1-2H3/t19-/m0/s1. The molecule has 0 radical (unpaired) electrons. The van der Waals surface area contributed by atoms with Crippen LogP contribution in [-0.2, 0) is 6.42 Å². The maximum Gasteiger partial charge on any atom is 0.119 e. The minimum atomic E-state index is 0.794. The first-order valence-electron chi connectivity index (χ1n) is 9.52. The summed E-state index contributed by atoms with van der Waals surface area (Å²) in [5, 5.41) is 0. The fraction of sp³-hybridized carbons (Fsp3) is 0.700. The van der Waals surface area contributed by atoms with Crippen LogP contribution < -0.4 is 4.74 Å². The number of aryl methyl sites for hydroxylation is 1. The van der Waals surface area contributed by atoms with Crippen molar-refractivity contribution in [3.05, 3.63) is 29.8 Å². The summed E-state index contributed by atoms with van der Waals surface area (Å²) in [6.07, 6.45) is 5.13. The van der Waals surface area contributed by atoms with Gasteiger partial charge in [-0.3, -0.25) is 4.90 Å². The van der Waals surface area contributed by atoms with E-state index in [1.807, 2.05) is 6.07 Å². The highest BCUT2D eigenvalue weighted by Gasteiger charge is 2.26. The molecular weight excluding hydrogens is 298 g/mol. The van der Waals surface area contributed by atoms with Crippen LogP contribution in [0.15, 0.2) is 24.3 Å². The molecule has 0 N–H and O–H groups in total. The zero-order chi connectivity index (χ0) is 16.8. The Morgan fingerprint density at radius 1 is 1.12 bits per heavy atom. The molecule has 3 rings (SSSR count). The number of likely N-dealkylation sites (N-methyl/N-ethyl adjacent to an activating group) is 1. The van der Waals surface area contributed by atoms with Gasteiger partial charge >= 0.3 is 0 Å². The van der Waals surface area contributed by atoms with Crippen molar-refractivity contribution in [2.24, 2.45) is 0 Å². The number of benzene rings is 1. The number of ether oxygens (including phenoxy) is 1. The van der Waals surface area contributed by atoms with E-state index in [0.29, 0.717) is 0 Å². The van der Waals surface area contributed by atoms with E-state index in [1.165, 1.54) is 70.6 Å². The average molecular weight is 332 g/mol. The quantitative estimate of drug-likeness (QED) is 0.796. The summed E-state index contributed by atoms with van der Waals surface area (Å²) in [5.74, 6) is 0.971. The average Bonchev–Trinajstić information content (AvgIpc) is 2.62. The number of piperazine rings is 1. The molecule has 134 valence electrons. The number of methoxy groups -OCH3 is 1. The molecule has 0 unspecified atom stereocenters. The molecule has 2 fully saturated rings. The van der Waals surface area contributed by atoms with Gasteiger partial charge < -0.3 is 14.5 Å². The van der Waals surface area contributed by atoms with Crippen molar-refractivity contribution < 1.29 is 4.74 Å². The molecule has 0 amide bonds. The highest BCUT2D eigenvalue weighted by molar-refractivity contribution is 5.28. The third-order valence-corrected chi connectivity index (χ3v) is 5.60. The van der Waals surface area contributed by atoms with Crippen molar-refractivity contribution >= 4 is 0 Å². The van der Waals surface area contributed by atoms with Crippen molar-refractivity contribution in [3.8, 4) is 5.75 Å². The molecule has 1 aromatic rings. The van der Waals surface area contributed by atoms with Crippen LogP contribution >= 0.6 is 0 Å². The van der Waals surface area contributed by atoms with E-state index in [1.54, 1.807) is 7.11 Å². The van der Waals surface area contributed by atoms with Gasteiger partial charge in [0.1, 0.15) is 5.75 Å². The van der Waals surface area contributed by atoms with Crippen molar-refractivity contribution in [2.75, 3.05) is 60.0 Å². The number of piperidine rings is 1. The van der Waals surface area contributed by atoms with E-state index in [0.717, 1.165) is 18.2 Å². The molecule has 2 aliphatic heterocycles. The minimum Gasteiger partial charge on any atom is -0.497 e. The lowest BCUT2D eigenvalue weighted by Gasteiger charge is -2.42. The van der Waals surface area contributed by atoms with E-state index >= 15 is 0 Å². The summed E-state index contributed by atoms with van der Waals surface area (Å²) >= 11 is 0. The van der Waals surface area contributed by atoms with Crippen LogP contribution in [0.25, 0.3) is 0 Å². The topological polar surface area (TPSA) is 19.0 Å². The van der Waals surface area contributed by atoms with Gasteiger partial charge in [-0.2, -0.15) is 0 Å². The summed E-state index contributed by atoms with van der Waals surface area (Å²) in [7, 11) is 4.00. The normalized spacial score (nSPS) is 24.2. The second-order valence-electron chi connectivity index (χ2n) is 7.39. The summed E-state index contributed by atoms with van der Waals surface area (Å²) < 4.78 is 5.31. The predicted molar refractivity (Wildman–Crippen MR) is 99.8 cm³/mol. The molecule has 0 bridgehead atoms. The van der Waals surface area contributed by atoms with Crippen LogP contribution in [0.2, 0.25) is 0 Å². The molecular formula is C20H33N3O. The van der Waals surface area contributed by atoms with E-state index < -0.39 is 0 Å². The Hall–Kier alpha value is -1.10. The summed E-state index contributed by atoms with van der Waals surface area (Å²) in [6, 6.07) is 9.28. The molecule has 0 aliphatic carbocycles. The second kappa shape index (κ2) is 8.84. The van der Waals surface area contributed by atoms with Gasteiger partial charge in [-0.05, 0) is 63.5 Å². The van der Waals surface area contributed by atoms with Gasteiger partial charge in [-0.1, -0.05) is 12.1 Å². The highest BCUT2D eigenvalue weighted by Crippen LogP contribution is 2.17. The van der Waals surface area contributed by atoms with E-state index in [4.69, 9.17) is 4.74 Å². The summed E-state index contributed by atoms with van der Waals surface area (Å²) in [5.41, 5.74) is 1.39. The van der Waals surface area contributed by atoms with Gasteiger partial charge in [0.05, 0.1) is 7.11 Å². The van der Waals surface area contributed by atoms with Crippen LogP contribution in [0.4, 0.5) is 0 Å². The lowest BCUT2D eigenvalue weighted by molar-refractivity contribution is 0.0592. The molecule has 0 aromatic heterocycles. The van der Waals surface area contributed by atoms with Crippen LogP contribution in [0.1, 0.15) is 24.8 Å². The first-order chi connectivity index (χ1) is 11.7. The smallest absolute Gasteiger partial charge is 0.119 e. The predicted octanol–water partition coefficient (Wildman–Crippen LogP) is 2.34. The maximum atomic E-state index is 5.31. The Kier molecular flexibility index (Phi) is 6.52. The monoisotopic (exact) mass is 331 g/mol. The van der Waals surface area contributed by atoms with Crippen molar-refractivity contribution in [3.63, 3.8) is 0 Å². The largest absolute Gasteiger partial charge is 0.497 e. The number of likely N-dealkylation sites (tertiary alicyclic amines) is 1. The Bertz CT molecular complexity index is 499. The van der Waals surface area contributed by atoms with Crippen molar-refractivity contribution in [1.29, 1.82) is 0 Å². The summed E-state index contributed by atoms with van der Waals surface area (Å²) in [4.78, 5) is 7.87. The van der Waals surface area contributed by atoms with Crippen LogP contribution in [0, 0.1) is 0 Å². The molecule has 1 atom stereocenters. The van der Waals surface area contributed by atoms with Gasteiger partial charge in [0.25, 0.3) is 0 Å². The van der Waals surface area contributed by atoms with E-state index in [2.05, 4.69) is 39.9 Å². The van der Waals surface area contributed by atoms with Gasteiger partial charge in [0, 0.05) is 38.8 Å².